The Morgan fingerprint density at radius 3 is 2.26 bits per heavy atom. The van der Waals surface area contributed by atoms with Crippen molar-refractivity contribution in [2.24, 2.45) is 0 Å². The van der Waals surface area contributed by atoms with E-state index in [4.69, 9.17) is 5.26 Å². The fourth-order valence-electron chi connectivity index (χ4n) is 2.05. The van der Waals surface area contributed by atoms with E-state index in [1.54, 1.807) is 18.2 Å². The normalized spacial score (nSPS) is 17.2. The maximum atomic E-state index is 12.8. The van der Waals surface area contributed by atoms with Crippen LogP contribution >= 0.6 is 0 Å². The first kappa shape index (κ1) is 13.8. The highest BCUT2D eigenvalue weighted by Gasteiger charge is 2.26. The van der Waals surface area contributed by atoms with Crippen molar-refractivity contribution in [3.8, 4) is 6.07 Å². The predicted octanol–water partition coefficient (Wildman–Crippen LogP) is 0.801. The molecule has 1 aliphatic heterocycles. The van der Waals surface area contributed by atoms with E-state index in [9.17, 15) is 12.8 Å². The number of hydrogen-bond acceptors (Lipinski definition) is 4. The molecular formula is C12H14FN3O2S. The summed E-state index contributed by atoms with van der Waals surface area (Å²) in [5.41, 5.74) is 0.874. The Kier molecular flexibility index (Phi) is 4.02. The molecule has 2 rings (SSSR count). The van der Waals surface area contributed by atoms with Gasteiger partial charge in [0.05, 0.1) is 6.07 Å². The summed E-state index contributed by atoms with van der Waals surface area (Å²) in [6, 6.07) is 7.79. The third kappa shape index (κ3) is 3.22. The van der Waals surface area contributed by atoms with Crippen LogP contribution in [0.25, 0.3) is 0 Å². The smallest absolute Gasteiger partial charge is 0.227 e. The molecule has 0 aliphatic carbocycles. The number of nitriles is 1. The molecule has 102 valence electrons. The van der Waals surface area contributed by atoms with Crippen LogP contribution in [0.1, 0.15) is 0 Å². The number of anilines is 1. The van der Waals surface area contributed by atoms with Gasteiger partial charge in [-0.05, 0) is 24.3 Å². The van der Waals surface area contributed by atoms with Crippen molar-refractivity contribution in [3.05, 3.63) is 30.1 Å². The van der Waals surface area contributed by atoms with E-state index < -0.39 is 15.8 Å². The van der Waals surface area contributed by atoms with E-state index in [0.29, 0.717) is 26.2 Å². The second-order valence-electron chi connectivity index (χ2n) is 4.28. The Hall–Kier alpha value is -1.65. The maximum Gasteiger partial charge on any atom is 0.227 e. The van der Waals surface area contributed by atoms with Gasteiger partial charge in [0.15, 0.2) is 5.75 Å². The summed E-state index contributed by atoms with van der Waals surface area (Å²) in [4.78, 5) is 2.00. The first-order valence-corrected chi connectivity index (χ1v) is 7.49. The summed E-state index contributed by atoms with van der Waals surface area (Å²) < 4.78 is 37.6. The molecule has 19 heavy (non-hydrogen) atoms. The predicted molar refractivity (Wildman–Crippen MR) is 69.6 cm³/mol. The van der Waals surface area contributed by atoms with Crippen molar-refractivity contribution < 1.29 is 12.8 Å². The molecule has 0 aromatic heterocycles. The average Bonchev–Trinajstić information content (AvgIpc) is 2.40. The fraction of sp³-hybridized carbons (Fsp3) is 0.417. The van der Waals surface area contributed by atoms with E-state index in [0.717, 1.165) is 5.69 Å². The lowest BCUT2D eigenvalue weighted by Gasteiger charge is -2.35. The highest BCUT2D eigenvalue weighted by Crippen LogP contribution is 2.18. The standard InChI is InChI=1S/C12H14FN3O2S/c13-11-1-3-12(4-2-11)15-6-8-16(9-7-15)19(17,18)10-5-14/h1-4H,6-10H2. The molecule has 1 fully saturated rings. The van der Waals surface area contributed by atoms with Crippen molar-refractivity contribution in [1.82, 2.24) is 4.31 Å². The first-order chi connectivity index (χ1) is 9.03. The summed E-state index contributed by atoms with van der Waals surface area (Å²) in [6.07, 6.45) is 0. The largest absolute Gasteiger partial charge is 0.369 e. The van der Waals surface area contributed by atoms with Crippen molar-refractivity contribution in [2.45, 2.75) is 0 Å². The first-order valence-electron chi connectivity index (χ1n) is 5.88. The molecule has 1 aromatic carbocycles. The van der Waals surface area contributed by atoms with Gasteiger partial charge in [0.1, 0.15) is 5.82 Å². The minimum Gasteiger partial charge on any atom is -0.369 e. The minimum atomic E-state index is -3.46. The lowest BCUT2D eigenvalue weighted by Crippen LogP contribution is -2.49. The zero-order valence-electron chi connectivity index (χ0n) is 10.3. The zero-order valence-corrected chi connectivity index (χ0v) is 11.1. The third-order valence-corrected chi connectivity index (χ3v) is 4.72. The van der Waals surface area contributed by atoms with Gasteiger partial charge in [0.2, 0.25) is 10.0 Å². The minimum absolute atomic E-state index is 0.293. The monoisotopic (exact) mass is 283 g/mol. The molecule has 0 atom stereocenters. The SMILES string of the molecule is N#CCS(=O)(=O)N1CCN(c2ccc(F)cc2)CC1. The molecular weight excluding hydrogens is 269 g/mol. The average molecular weight is 283 g/mol. The van der Waals surface area contributed by atoms with Crippen LogP contribution in [0, 0.1) is 17.1 Å². The lowest BCUT2D eigenvalue weighted by atomic mass is 10.2. The number of hydrogen-bond donors (Lipinski definition) is 0. The van der Waals surface area contributed by atoms with E-state index in [2.05, 4.69) is 0 Å². The third-order valence-electron chi connectivity index (χ3n) is 3.07. The van der Waals surface area contributed by atoms with Gasteiger partial charge in [-0.1, -0.05) is 0 Å². The van der Waals surface area contributed by atoms with Crippen LogP contribution in [0.4, 0.5) is 10.1 Å². The van der Waals surface area contributed by atoms with Crippen molar-refractivity contribution in [1.29, 1.82) is 5.26 Å². The quantitative estimate of drug-likeness (QED) is 0.823. The Balaban J connectivity index is 2.00. The maximum absolute atomic E-state index is 12.8. The number of nitrogens with zero attached hydrogens (tertiary/aromatic N) is 3. The molecule has 0 N–H and O–H groups in total. The number of rotatable bonds is 3. The van der Waals surface area contributed by atoms with Gasteiger partial charge in [-0.3, -0.25) is 0 Å². The van der Waals surface area contributed by atoms with Crippen LogP contribution in [-0.4, -0.2) is 44.7 Å². The zero-order chi connectivity index (χ0) is 13.9. The molecule has 1 aromatic rings. The number of benzene rings is 1. The molecule has 0 saturated carbocycles. The Labute approximate surface area is 111 Å². The van der Waals surface area contributed by atoms with Crippen molar-refractivity contribution in [2.75, 3.05) is 36.8 Å². The molecule has 5 nitrogen and oxygen atoms in total. The molecule has 0 spiro atoms. The number of piperazine rings is 1. The number of sulfonamides is 1. The van der Waals surface area contributed by atoms with Crippen LogP contribution < -0.4 is 4.90 Å². The van der Waals surface area contributed by atoms with Gasteiger partial charge in [-0.15, -0.1) is 0 Å². The molecule has 7 heteroatoms. The van der Waals surface area contributed by atoms with E-state index >= 15 is 0 Å². The van der Waals surface area contributed by atoms with Crippen molar-refractivity contribution in [3.63, 3.8) is 0 Å². The molecule has 0 unspecified atom stereocenters. The summed E-state index contributed by atoms with van der Waals surface area (Å²) in [6.45, 7) is 1.77. The van der Waals surface area contributed by atoms with Gasteiger partial charge in [-0.2, -0.15) is 9.57 Å². The Morgan fingerprint density at radius 1 is 1.16 bits per heavy atom. The van der Waals surface area contributed by atoms with Crippen LogP contribution in [0.3, 0.4) is 0 Å². The highest BCUT2D eigenvalue weighted by molar-refractivity contribution is 7.89. The molecule has 1 heterocycles. The van der Waals surface area contributed by atoms with Crippen LogP contribution in [0.2, 0.25) is 0 Å². The van der Waals surface area contributed by atoms with Gasteiger partial charge < -0.3 is 4.90 Å². The van der Waals surface area contributed by atoms with Crippen molar-refractivity contribution >= 4 is 15.7 Å². The summed E-state index contributed by atoms with van der Waals surface area (Å²) in [5.74, 6) is -0.775. The highest BCUT2D eigenvalue weighted by atomic mass is 32.2. The summed E-state index contributed by atoms with van der Waals surface area (Å²) in [5, 5.41) is 8.49. The second kappa shape index (κ2) is 5.55. The molecule has 0 radical (unpaired) electrons. The van der Waals surface area contributed by atoms with Gasteiger partial charge in [0.25, 0.3) is 0 Å². The van der Waals surface area contributed by atoms with Gasteiger partial charge in [-0.25, -0.2) is 12.8 Å². The van der Waals surface area contributed by atoms with Crippen LogP contribution in [0.5, 0.6) is 0 Å². The van der Waals surface area contributed by atoms with Gasteiger partial charge >= 0.3 is 0 Å². The molecule has 1 aliphatic rings. The Morgan fingerprint density at radius 2 is 1.74 bits per heavy atom. The topological polar surface area (TPSA) is 64.4 Å². The second-order valence-corrected chi connectivity index (χ2v) is 6.25. The molecule has 0 amide bonds. The number of halogens is 1. The Bertz CT molecular complexity index is 572. The lowest BCUT2D eigenvalue weighted by molar-refractivity contribution is 0.386. The summed E-state index contributed by atoms with van der Waals surface area (Å²) >= 11 is 0. The van der Waals surface area contributed by atoms with E-state index in [1.807, 2.05) is 4.90 Å². The van der Waals surface area contributed by atoms with Gasteiger partial charge in [0, 0.05) is 31.9 Å². The summed E-state index contributed by atoms with van der Waals surface area (Å²) in [7, 11) is -3.46. The van der Waals surface area contributed by atoms with E-state index in [-0.39, 0.29) is 5.82 Å². The van der Waals surface area contributed by atoms with Crippen LogP contribution in [0.15, 0.2) is 24.3 Å². The fourth-order valence-corrected chi connectivity index (χ4v) is 3.11. The van der Waals surface area contributed by atoms with Crippen LogP contribution in [-0.2, 0) is 10.0 Å². The van der Waals surface area contributed by atoms with E-state index in [1.165, 1.54) is 16.4 Å². The molecule has 0 bridgehead atoms. The molecule has 1 saturated heterocycles.